The summed E-state index contributed by atoms with van der Waals surface area (Å²) in [6, 6.07) is 3.81. The maximum Gasteiger partial charge on any atom is 0.387 e. The molecule has 0 radical (unpaired) electrons. The Labute approximate surface area is 168 Å². The molecule has 1 N–H and O–H groups in total. The number of amidine groups is 1. The molecular formula is C22H22F2N4O. The summed E-state index contributed by atoms with van der Waals surface area (Å²) < 4.78 is 29.9. The number of ether oxygens (including phenoxy) is 1. The van der Waals surface area contributed by atoms with Crippen LogP contribution in [0.5, 0.6) is 0 Å². The summed E-state index contributed by atoms with van der Waals surface area (Å²) in [5.41, 5.74) is 5.80. The maximum atomic E-state index is 12.7. The van der Waals surface area contributed by atoms with Gasteiger partial charge in [0.05, 0.1) is 12.2 Å². The lowest BCUT2D eigenvalue weighted by Gasteiger charge is -2.34. The van der Waals surface area contributed by atoms with Crippen molar-refractivity contribution in [3.63, 3.8) is 0 Å². The molecular weight excluding hydrogens is 374 g/mol. The molecule has 0 fully saturated rings. The number of nitrogens with one attached hydrogen (secondary N) is 1. The molecule has 0 aromatic carbocycles. The Morgan fingerprint density at radius 1 is 1.31 bits per heavy atom. The molecule has 2 heterocycles. The molecule has 7 heteroatoms. The number of halogens is 2. The number of pyridine rings is 1. The van der Waals surface area contributed by atoms with Crippen LogP contribution in [0.25, 0.3) is 0 Å². The molecule has 29 heavy (non-hydrogen) atoms. The minimum absolute atomic E-state index is 0.110. The first-order valence-corrected chi connectivity index (χ1v) is 9.11. The average molecular weight is 396 g/mol. The van der Waals surface area contributed by atoms with Crippen LogP contribution in [0.1, 0.15) is 12.5 Å². The smallest absolute Gasteiger partial charge is 0.387 e. The van der Waals surface area contributed by atoms with Gasteiger partial charge in [0.2, 0.25) is 0 Å². The lowest BCUT2D eigenvalue weighted by molar-refractivity contribution is -0.0923. The van der Waals surface area contributed by atoms with Gasteiger partial charge in [-0.25, -0.2) is 0 Å². The quantitative estimate of drug-likeness (QED) is 0.761. The van der Waals surface area contributed by atoms with Gasteiger partial charge in [-0.15, -0.1) is 0 Å². The van der Waals surface area contributed by atoms with Crippen molar-refractivity contribution in [1.82, 2.24) is 15.4 Å². The molecule has 1 unspecified atom stereocenters. The topological polar surface area (TPSA) is 49.8 Å². The highest BCUT2D eigenvalue weighted by atomic mass is 19.3. The van der Waals surface area contributed by atoms with Gasteiger partial charge in [0.15, 0.2) is 0 Å². The van der Waals surface area contributed by atoms with Gasteiger partial charge in [-0.05, 0) is 48.9 Å². The Hall–Kier alpha value is -3.48. The van der Waals surface area contributed by atoms with E-state index in [9.17, 15) is 8.78 Å². The number of rotatable bonds is 6. The summed E-state index contributed by atoms with van der Waals surface area (Å²) in [5, 5.41) is 1.79. The van der Waals surface area contributed by atoms with E-state index in [-0.39, 0.29) is 11.7 Å². The molecule has 1 atom stereocenters. The number of hydrazine groups is 1. The zero-order valence-electron chi connectivity index (χ0n) is 16.0. The normalized spacial score (nSPS) is 20.7. The third-order valence-electron chi connectivity index (χ3n) is 4.28. The van der Waals surface area contributed by atoms with E-state index in [0.717, 1.165) is 11.3 Å². The molecule has 1 aromatic heterocycles. The molecule has 3 rings (SSSR count). The first-order valence-electron chi connectivity index (χ1n) is 9.11. The molecule has 0 spiro atoms. The average Bonchev–Trinajstić information content (AvgIpc) is 2.94. The summed E-state index contributed by atoms with van der Waals surface area (Å²) in [6.07, 6.45) is 17.6. The van der Waals surface area contributed by atoms with Crippen LogP contribution in [0.15, 0.2) is 102 Å². The summed E-state index contributed by atoms with van der Waals surface area (Å²) in [4.78, 5) is 8.58. The molecule has 5 nitrogen and oxygen atoms in total. The van der Waals surface area contributed by atoms with E-state index in [1.807, 2.05) is 43.4 Å². The number of aliphatic imine (C=N–C) groups is 1. The number of alkyl halides is 2. The van der Waals surface area contributed by atoms with E-state index in [1.54, 1.807) is 35.6 Å². The van der Waals surface area contributed by atoms with Gasteiger partial charge < -0.3 is 4.74 Å². The molecule has 1 aliphatic heterocycles. The van der Waals surface area contributed by atoms with E-state index in [1.165, 1.54) is 6.08 Å². The van der Waals surface area contributed by atoms with Crippen molar-refractivity contribution >= 4 is 5.84 Å². The molecule has 2 aliphatic rings. The van der Waals surface area contributed by atoms with Gasteiger partial charge in [-0.1, -0.05) is 30.9 Å². The van der Waals surface area contributed by atoms with Gasteiger partial charge in [-0.2, -0.15) is 8.78 Å². The van der Waals surface area contributed by atoms with Crippen molar-refractivity contribution in [3.8, 4) is 0 Å². The minimum Gasteiger partial charge on any atom is -0.435 e. The fraction of sp³-hybridized carbons (Fsp3) is 0.182. The van der Waals surface area contributed by atoms with Crippen LogP contribution in [0.3, 0.4) is 0 Å². The van der Waals surface area contributed by atoms with Crippen LogP contribution in [-0.4, -0.2) is 22.4 Å². The first kappa shape index (κ1) is 20.3. The first-order chi connectivity index (χ1) is 14.1. The van der Waals surface area contributed by atoms with Crippen LogP contribution in [-0.2, 0) is 11.3 Å². The Morgan fingerprint density at radius 2 is 2.10 bits per heavy atom. The number of hydrogen-bond acceptors (Lipinski definition) is 4. The highest BCUT2D eigenvalue weighted by Crippen LogP contribution is 2.26. The third-order valence-corrected chi connectivity index (χ3v) is 4.28. The maximum absolute atomic E-state index is 12.7. The molecule has 150 valence electrons. The number of aromatic nitrogens is 1. The molecule has 0 saturated heterocycles. The standard InChI is InChI=1S/C22H22F2N4O/c1-3-20(18-6-4-5-7-19(14-18)29-22(23)24)28-16(2)8-9-21(27-28)26-15-17-10-12-25-13-11-17/h3-14,18,22H,2,15H2,1H3,(H,26,27)/b20-3-. The van der Waals surface area contributed by atoms with Gasteiger partial charge in [0.25, 0.3) is 0 Å². The Balaban J connectivity index is 1.79. The van der Waals surface area contributed by atoms with E-state index in [4.69, 9.17) is 0 Å². The van der Waals surface area contributed by atoms with Crippen LogP contribution in [0.4, 0.5) is 8.78 Å². The van der Waals surface area contributed by atoms with Crippen molar-refractivity contribution in [2.24, 2.45) is 10.9 Å². The summed E-state index contributed by atoms with van der Waals surface area (Å²) in [5.74, 6) is 0.484. The molecule has 0 amide bonds. The molecule has 1 aromatic rings. The fourth-order valence-corrected chi connectivity index (χ4v) is 2.91. The molecule has 0 bridgehead atoms. The van der Waals surface area contributed by atoms with E-state index in [2.05, 4.69) is 26.7 Å². The lowest BCUT2D eigenvalue weighted by Crippen LogP contribution is -2.43. The van der Waals surface area contributed by atoms with Crippen LogP contribution < -0.4 is 5.43 Å². The molecule has 1 aliphatic carbocycles. The summed E-state index contributed by atoms with van der Waals surface area (Å²) in [7, 11) is 0. The highest BCUT2D eigenvalue weighted by Gasteiger charge is 2.22. The van der Waals surface area contributed by atoms with Crippen molar-refractivity contribution in [2.45, 2.75) is 20.1 Å². The zero-order valence-corrected chi connectivity index (χ0v) is 16.0. The fourth-order valence-electron chi connectivity index (χ4n) is 2.91. The summed E-state index contributed by atoms with van der Waals surface area (Å²) >= 11 is 0. The van der Waals surface area contributed by atoms with Crippen LogP contribution >= 0.6 is 0 Å². The van der Waals surface area contributed by atoms with Crippen LogP contribution in [0.2, 0.25) is 0 Å². The van der Waals surface area contributed by atoms with Crippen LogP contribution in [0, 0.1) is 5.92 Å². The largest absolute Gasteiger partial charge is 0.435 e. The number of allylic oxidation sites excluding steroid dienone is 6. The number of nitrogens with zero attached hydrogens (tertiary/aromatic N) is 3. The second-order valence-electron chi connectivity index (χ2n) is 6.26. The zero-order chi connectivity index (χ0) is 20.6. The third kappa shape index (κ3) is 5.51. The SMILES string of the molecule is C=C1C=CC(=NCc2ccncc2)NN1/C(=C\C)C1C=CC=CC(OC(F)F)=C1. The Morgan fingerprint density at radius 3 is 2.83 bits per heavy atom. The molecule has 0 saturated carbocycles. The number of hydrogen-bond donors (Lipinski definition) is 1. The van der Waals surface area contributed by atoms with E-state index < -0.39 is 6.61 Å². The minimum atomic E-state index is -2.88. The lowest BCUT2D eigenvalue weighted by atomic mass is 10.0. The van der Waals surface area contributed by atoms with Gasteiger partial charge in [-0.3, -0.25) is 20.4 Å². The van der Waals surface area contributed by atoms with Crippen molar-refractivity contribution in [1.29, 1.82) is 0 Å². The Kier molecular flexibility index (Phi) is 6.73. The van der Waals surface area contributed by atoms with E-state index >= 15 is 0 Å². The van der Waals surface area contributed by atoms with Gasteiger partial charge in [0, 0.05) is 24.0 Å². The Bertz CT molecular complexity index is 914. The predicted molar refractivity (Wildman–Crippen MR) is 109 cm³/mol. The van der Waals surface area contributed by atoms with Gasteiger partial charge >= 0.3 is 6.61 Å². The highest BCUT2D eigenvalue weighted by molar-refractivity contribution is 5.94. The van der Waals surface area contributed by atoms with Gasteiger partial charge in [0.1, 0.15) is 11.6 Å². The van der Waals surface area contributed by atoms with Crippen molar-refractivity contribution in [3.05, 3.63) is 102 Å². The second-order valence-corrected chi connectivity index (χ2v) is 6.26. The second kappa shape index (κ2) is 9.64. The predicted octanol–water partition coefficient (Wildman–Crippen LogP) is 4.64. The monoisotopic (exact) mass is 396 g/mol. The summed E-state index contributed by atoms with van der Waals surface area (Å²) in [6.45, 7) is 3.56. The van der Waals surface area contributed by atoms with Crippen molar-refractivity contribution < 1.29 is 13.5 Å². The van der Waals surface area contributed by atoms with E-state index in [0.29, 0.717) is 18.1 Å². The van der Waals surface area contributed by atoms with Crippen molar-refractivity contribution in [2.75, 3.05) is 0 Å².